The molecule has 1 aliphatic rings. The van der Waals surface area contributed by atoms with Gasteiger partial charge in [0.25, 0.3) is 5.91 Å². The molecule has 1 amide bonds. The largest absolute Gasteiger partial charge is 0.490 e. The van der Waals surface area contributed by atoms with E-state index in [4.69, 9.17) is 4.74 Å². The molecule has 1 aromatic carbocycles. The Morgan fingerprint density at radius 1 is 1.13 bits per heavy atom. The van der Waals surface area contributed by atoms with Crippen LogP contribution in [0.15, 0.2) is 48.8 Å². The lowest BCUT2D eigenvalue weighted by Gasteiger charge is -2.32. The number of benzene rings is 1. The van der Waals surface area contributed by atoms with Gasteiger partial charge in [-0.2, -0.15) is 5.10 Å². The van der Waals surface area contributed by atoms with Gasteiger partial charge in [-0.1, -0.05) is 12.1 Å². The van der Waals surface area contributed by atoms with Crippen molar-refractivity contribution in [1.29, 1.82) is 0 Å². The number of carbonyl (C=O) groups is 1. The highest BCUT2D eigenvalue weighted by atomic mass is 32.1. The summed E-state index contributed by atoms with van der Waals surface area (Å²) in [5, 5.41) is 4.23. The first-order valence-electron chi connectivity index (χ1n) is 10.7. The Bertz CT molecular complexity index is 1000. The van der Waals surface area contributed by atoms with Crippen molar-refractivity contribution >= 4 is 17.2 Å². The number of hydrogen-bond acceptors (Lipinski definition) is 5. The quantitative estimate of drug-likeness (QED) is 0.557. The lowest BCUT2D eigenvalue weighted by atomic mass is 10.1. The summed E-state index contributed by atoms with van der Waals surface area (Å²) >= 11 is 1.57. The molecule has 0 N–H and O–H groups in total. The number of amides is 1. The Morgan fingerprint density at radius 2 is 1.84 bits per heavy atom. The van der Waals surface area contributed by atoms with Gasteiger partial charge < -0.3 is 9.64 Å². The Balaban J connectivity index is 1.23. The van der Waals surface area contributed by atoms with Gasteiger partial charge in [-0.15, -0.1) is 11.3 Å². The molecule has 4 rings (SSSR count). The van der Waals surface area contributed by atoms with E-state index in [1.807, 2.05) is 48.1 Å². The third-order valence-electron chi connectivity index (χ3n) is 5.57. The zero-order valence-electron chi connectivity index (χ0n) is 18.5. The van der Waals surface area contributed by atoms with Crippen molar-refractivity contribution in [3.05, 3.63) is 69.7 Å². The van der Waals surface area contributed by atoms with Crippen LogP contribution in [-0.4, -0.2) is 51.7 Å². The van der Waals surface area contributed by atoms with Crippen molar-refractivity contribution in [3.63, 3.8) is 0 Å². The second-order valence-electron chi connectivity index (χ2n) is 8.36. The number of rotatable bonds is 7. The molecule has 2 aromatic heterocycles. The maximum absolute atomic E-state index is 12.6. The number of piperidine rings is 1. The SMILES string of the molecule is Cc1ccc(C(=O)N2CCC(Oc3ccc(CN(C)Cc4cnn(C)c4)cc3)CC2)s1. The number of nitrogens with zero attached hydrogens (tertiary/aromatic N) is 4. The molecule has 31 heavy (non-hydrogen) atoms. The van der Waals surface area contributed by atoms with E-state index in [9.17, 15) is 4.79 Å². The average molecular weight is 439 g/mol. The minimum Gasteiger partial charge on any atom is -0.490 e. The number of aromatic nitrogens is 2. The molecule has 6 nitrogen and oxygen atoms in total. The topological polar surface area (TPSA) is 50.6 Å². The first kappa shape index (κ1) is 21.6. The first-order valence-corrected chi connectivity index (χ1v) is 11.6. The molecule has 164 valence electrons. The highest BCUT2D eigenvalue weighted by Gasteiger charge is 2.25. The van der Waals surface area contributed by atoms with Crippen molar-refractivity contribution in [2.24, 2.45) is 7.05 Å². The fourth-order valence-electron chi connectivity index (χ4n) is 3.98. The van der Waals surface area contributed by atoms with Crippen molar-refractivity contribution in [3.8, 4) is 5.75 Å². The van der Waals surface area contributed by atoms with Gasteiger partial charge in [-0.05, 0) is 43.8 Å². The molecule has 3 aromatic rings. The van der Waals surface area contributed by atoms with Crippen LogP contribution in [0.2, 0.25) is 0 Å². The standard InChI is InChI=1S/C24H30N4O2S/c1-18-4-9-23(31-18)24(29)28-12-10-22(11-13-28)30-21-7-5-19(6-8-21)15-26(2)16-20-14-25-27(3)17-20/h4-9,14,17,22H,10-13,15-16H2,1-3H3. The van der Waals surface area contributed by atoms with Crippen LogP contribution in [0.4, 0.5) is 0 Å². The molecule has 7 heteroatoms. The maximum Gasteiger partial charge on any atom is 0.263 e. The van der Waals surface area contributed by atoms with Crippen LogP contribution in [-0.2, 0) is 20.1 Å². The van der Waals surface area contributed by atoms with E-state index in [-0.39, 0.29) is 12.0 Å². The number of hydrogen-bond donors (Lipinski definition) is 0. The lowest BCUT2D eigenvalue weighted by Crippen LogP contribution is -2.41. The summed E-state index contributed by atoms with van der Waals surface area (Å²) in [4.78, 5) is 18.8. The summed E-state index contributed by atoms with van der Waals surface area (Å²) < 4.78 is 8.02. The molecule has 1 fully saturated rings. The van der Waals surface area contributed by atoms with Crippen molar-refractivity contribution < 1.29 is 9.53 Å². The lowest BCUT2D eigenvalue weighted by molar-refractivity contribution is 0.0600. The van der Waals surface area contributed by atoms with Crippen LogP contribution in [0.1, 0.15) is 38.5 Å². The predicted octanol–water partition coefficient (Wildman–Crippen LogP) is 4.11. The van der Waals surface area contributed by atoms with Crippen molar-refractivity contribution in [2.75, 3.05) is 20.1 Å². The van der Waals surface area contributed by atoms with Gasteiger partial charge in [0.15, 0.2) is 0 Å². The molecule has 1 saturated heterocycles. The zero-order chi connectivity index (χ0) is 21.8. The maximum atomic E-state index is 12.6. The van der Waals surface area contributed by atoms with Crippen molar-refractivity contribution in [1.82, 2.24) is 19.6 Å². The van der Waals surface area contributed by atoms with Crippen LogP contribution in [0.25, 0.3) is 0 Å². The highest BCUT2D eigenvalue weighted by Crippen LogP contribution is 2.23. The molecule has 3 heterocycles. The Labute approximate surface area is 188 Å². The minimum atomic E-state index is 0.149. The molecule has 0 unspecified atom stereocenters. The van der Waals surface area contributed by atoms with Gasteiger partial charge in [0, 0.05) is 62.7 Å². The van der Waals surface area contributed by atoms with Gasteiger partial charge in [-0.25, -0.2) is 0 Å². The van der Waals surface area contributed by atoms with E-state index in [0.717, 1.165) is 49.6 Å². The smallest absolute Gasteiger partial charge is 0.263 e. The molecule has 0 aliphatic carbocycles. The van der Waals surface area contributed by atoms with E-state index in [1.165, 1.54) is 16.0 Å². The fraction of sp³-hybridized carbons (Fsp3) is 0.417. The highest BCUT2D eigenvalue weighted by molar-refractivity contribution is 7.13. The second-order valence-corrected chi connectivity index (χ2v) is 9.65. The molecule has 0 atom stereocenters. The van der Waals surface area contributed by atoms with Gasteiger partial charge in [0.2, 0.25) is 0 Å². The number of ether oxygens (including phenoxy) is 1. The molecule has 0 saturated carbocycles. The molecular formula is C24H30N4O2S. The molecular weight excluding hydrogens is 408 g/mol. The van der Waals surface area contributed by atoms with E-state index in [2.05, 4.69) is 41.3 Å². The van der Waals surface area contributed by atoms with Crippen LogP contribution >= 0.6 is 11.3 Å². The summed E-state index contributed by atoms with van der Waals surface area (Å²) in [5.74, 6) is 1.05. The molecule has 0 bridgehead atoms. The third kappa shape index (κ3) is 5.74. The van der Waals surface area contributed by atoms with Crippen molar-refractivity contribution in [2.45, 2.75) is 39.0 Å². The predicted molar refractivity (Wildman–Crippen MR) is 123 cm³/mol. The summed E-state index contributed by atoms with van der Waals surface area (Å²) in [6, 6.07) is 12.3. The van der Waals surface area contributed by atoms with Crippen LogP contribution in [0.5, 0.6) is 5.75 Å². The number of carbonyl (C=O) groups excluding carboxylic acids is 1. The third-order valence-corrected chi connectivity index (χ3v) is 6.56. The first-order chi connectivity index (χ1) is 15.0. The summed E-state index contributed by atoms with van der Waals surface area (Å²) in [6.07, 6.45) is 5.85. The normalized spacial score (nSPS) is 14.9. The Morgan fingerprint density at radius 3 is 2.45 bits per heavy atom. The summed E-state index contributed by atoms with van der Waals surface area (Å²) in [7, 11) is 4.05. The second kappa shape index (κ2) is 9.66. The molecule has 0 radical (unpaired) electrons. The van der Waals surface area contributed by atoms with Gasteiger partial charge >= 0.3 is 0 Å². The molecule has 1 aliphatic heterocycles. The number of likely N-dealkylation sites (tertiary alicyclic amines) is 1. The van der Waals surface area contributed by atoms with Gasteiger partial charge in [0.05, 0.1) is 11.1 Å². The van der Waals surface area contributed by atoms with E-state index in [1.54, 1.807) is 11.3 Å². The number of thiophene rings is 1. The summed E-state index contributed by atoms with van der Waals surface area (Å²) in [6.45, 7) is 5.27. The zero-order valence-corrected chi connectivity index (χ0v) is 19.3. The van der Waals surface area contributed by atoms with Gasteiger partial charge in [-0.3, -0.25) is 14.4 Å². The summed E-state index contributed by atoms with van der Waals surface area (Å²) in [5.41, 5.74) is 2.47. The Hall–Kier alpha value is -2.64. The molecule has 0 spiro atoms. The van der Waals surface area contributed by atoms with E-state index >= 15 is 0 Å². The van der Waals surface area contributed by atoms with E-state index < -0.39 is 0 Å². The number of aryl methyl sites for hydroxylation is 2. The fourth-order valence-corrected chi connectivity index (χ4v) is 4.82. The monoisotopic (exact) mass is 438 g/mol. The Kier molecular flexibility index (Phi) is 6.73. The van der Waals surface area contributed by atoms with Gasteiger partial charge in [0.1, 0.15) is 11.9 Å². The minimum absolute atomic E-state index is 0.149. The van der Waals surface area contributed by atoms with E-state index in [0.29, 0.717) is 0 Å². The van der Waals surface area contributed by atoms with Crippen LogP contribution in [0, 0.1) is 6.92 Å². The van der Waals surface area contributed by atoms with Crippen LogP contribution in [0.3, 0.4) is 0 Å². The average Bonchev–Trinajstić information content (AvgIpc) is 3.37. The van der Waals surface area contributed by atoms with Crippen LogP contribution < -0.4 is 4.74 Å².